The van der Waals surface area contributed by atoms with E-state index in [0.717, 1.165) is 51.5 Å². The third kappa shape index (κ3) is 6.00. The van der Waals surface area contributed by atoms with Crippen LogP contribution >= 0.6 is 0 Å². The number of benzene rings is 1. The molecule has 0 radical (unpaired) electrons. The van der Waals surface area contributed by atoms with Gasteiger partial charge >= 0.3 is 0 Å². The summed E-state index contributed by atoms with van der Waals surface area (Å²) in [7, 11) is 0. The molecule has 1 saturated carbocycles. The van der Waals surface area contributed by atoms with Crippen LogP contribution in [0.2, 0.25) is 0 Å². The molecule has 2 fully saturated rings. The molecule has 3 rings (SSSR count). The van der Waals surface area contributed by atoms with Gasteiger partial charge in [-0.1, -0.05) is 74.6 Å². The molecule has 0 aromatic heterocycles. The molecule has 0 unspecified atom stereocenters. The number of carbonyl (C=O) groups excluding carboxylic acids is 1. The van der Waals surface area contributed by atoms with Gasteiger partial charge in [-0.2, -0.15) is 0 Å². The van der Waals surface area contributed by atoms with E-state index in [-0.39, 0.29) is 0 Å². The maximum absolute atomic E-state index is 12.4. The van der Waals surface area contributed by atoms with Crippen LogP contribution in [0.3, 0.4) is 0 Å². The number of piperazine rings is 1. The fourth-order valence-corrected chi connectivity index (χ4v) is 4.04. The van der Waals surface area contributed by atoms with Crippen molar-refractivity contribution in [1.29, 1.82) is 0 Å². The first kappa shape index (κ1) is 18.2. The molecule has 1 aliphatic carbocycles. The Morgan fingerprint density at radius 3 is 2.44 bits per heavy atom. The zero-order valence-electron chi connectivity index (χ0n) is 15.4. The number of nitrogens with zero attached hydrogens (tertiary/aromatic N) is 2. The molecule has 0 bridgehead atoms. The van der Waals surface area contributed by atoms with Crippen LogP contribution in [0.25, 0.3) is 6.08 Å². The first-order chi connectivity index (χ1) is 12.3. The van der Waals surface area contributed by atoms with Crippen LogP contribution in [0.4, 0.5) is 0 Å². The van der Waals surface area contributed by atoms with Crippen molar-refractivity contribution in [1.82, 2.24) is 9.80 Å². The van der Waals surface area contributed by atoms with Crippen LogP contribution in [0, 0.1) is 5.92 Å². The van der Waals surface area contributed by atoms with Gasteiger partial charge in [-0.25, -0.2) is 0 Å². The van der Waals surface area contributed by atoms with Gasteiger partial charge in [-0.05, 0) is 17.9 Å². The Labute approximate surface area is 152 Å². The van der Waals surface area contributed by atoms with Crippen molar-refractivity contribution in [2.45, 2.75) is 44.9 Å². The van der Waals surface area contributed by atoms with Gasteiger partial charge in [-0.15, -0.1) is 0 Å². The summed E-state index contributed by atoms with van der Waals surface area (Å²) in [6, 6.07) is 10.4. The molecule has 1 aliphatic heterocycles. The van der Waals surface area contributed by atoms with Gasteiger partial charge in [0.25, 0.3) is 0 Å². The van der Waals surface area contributed by atoms with E-state index in [1.807, 2.05) is 6.07 Å². The first-order valence-electron chi connectivity index (χ1n) is 10.0. The summed E-state index contributed by atoms with van der Waals surface area (Å²) in [4.78, 5) is 17.0. The predicted molar refractivity (Wildman–Crippen MR) is 104 cm³/mol. The Morgan fingerprint density at radius 2 is 1.72 bits per heavy atom. The summed E-state index contributed by atoms with van der Waals surface area (Å²) in [6.45, 7) is 4.74. The van der Waals surface area contributed by atoms with Gasteiger partial charge in [0.15, 0.2) is 0 Å². The summed E-state index contributed by atoms with van der Waals surface area (Å²) in [5.74, 6) is 1.19. The highest BCUT2D eigenvalue weighted by Gasteiger charge is 2.21. The molecule has 1 heterocycles. The monoisotopic (exact) mass is 340 g/mol. The van der Waals surface area contributed by atoms with Crippen LogP contribution in [0.15, 0.2) is 36.4 Å². The average molecular weight is 341 g/mol. The lowest BCUT2D eigenvalue weighted by atomic mass is 9.86. The second-order valence-electron chi connectivity index (χ2n) is 7.54. The van der Waals surface area contributed by atoms with E-state index in [1.54, 1.807) is 0 Å². The van der Waals surface area contributed by atoms with Gasteiger partial charge < -0.3 is 4.90 Å². The van der Waals surface area contributed by atoms with Gasteiger partial charge in [0, 0.05) is 39.1 Å². The summed E-state index contributed by atoms with van der Waals surface area (Å²) in [6.07, 6.45) is 13.1. The first-order valence-corrected chi connectivity index (χ1v) is 10.0. The third-order valence-electron chi connectivity index (χ3n) is 5.69. The maximum Gasteiger partial charge on any atom is 0.222 e. The third-order valence-corrected chi connectivity index (χ3v) is 5.69. The second kappa shape index (κ2) is 9.76. The Bertz CT molecular complexity index is 540. The van der Waals surface area contributed by atoms with Crippen LogP contribution in [-0.4, -0.2) is 48.4 Å². The molecule has 0 atom stereocenters. The van der Waals surface area contributed by atoms with Crippen molar-refractivity contribution in [2.24, 2.45) is 5.92 Å². The Kier molecular flexibility index (Phi) is 7.10. The minimum Gasteiger partial charge on any atom is -0.340 e. The summed E-state index contributed by atoms with van der Waals surface area (Å²) < 4.78 is 0. The van der Waals surface area contributed by atoms with E-state index in [9.17, 15) is 4.79 Å². The maximum atomic E-state index is 12.4. The number of carbonyl (C=O) groups is 1. The quantitative estimate of drug-likeness (QED) is 0.775. The molecule has 1 aromatic carbocycles. The summed E-state index contributed by atoms with van der Waals surface area (Å²) >= 11 is 0. The molecule has 3 nitrogen and oxygen atoms in total. The Balaban J connectivity index is 1.33. The van der Waals surface area contributed by atoms with Crippen molar-refractivity contribution < 1.29 is 4.79 Å². The Hall–Kier alpha value is -1.61. The fourth-order valence-electron chi connectivity index (χ4n) is 4.04. The van der Waals surface area contributed by atoms with E-state index in [1.165, 1.54) is 37.7 Å². The highest BCUT2D eigenvalue weighted by Crippen LogP contribution is 2.27. The molecule has 2 aliphatic rings. The molecular weight excluding hydrogens is 308 g/mol. The Morgan fingerprint density at radius 1 is 1.00 bits per heavy atom. The minimum absolute atomic E-state index is 0.380. The van der Waals surface area contributed by atoms with Gasteiger partial charge in [-0.3, -0.25) is 9.69 Å². The topological polar surface area (TPSA) is 23.6 Å². The van der Waals surface area contributed by atoms with E-state index >= 15 is 0 Å². The number of rotatable bonds is 6. The highest BCUT2D eigenvalue weighted by atomic mass is 16.2. The largest absolute Gasteiger partial charge is 0.340 e. The van der Waals surface area contributed by atoms with E-state index < -0.39 is 0 Å². The van der Waals surface area contributed by atoms with Crippen molar-refractivity contribution in [3.05, 3.63) is 42.0 Å². The van der Waals surface area contributed by atoms with Crippen molar-refractivity contribution in [3.8, 4) is 0 Å². The normalized spacial score (nSPS) is 20.2. The summed E-state index contributed by atoms with van der Waals surface area (Å²) in [5, 5.41) is 0. The zero-order valence-corrected chi connectivity index (χ0v) is 15.4. The SMILES string of the molecule is O=C(CCC1CCCCC1)N1CCN(C/C=C/c2ccccc2)CC1. The number of hydrogen-bond acceptors (Lipinski definition) is 2. The molecule has 0 N–H and O–H groups in total. The molecular formula is C22H32N2O. The molecule has 136 valence electrons. The molecule has 1 aromatic rings. The zero-order chi connectivity index (χ0) is 17.3. The highest BCUT2D eigenvalue weighted by molar-refractivity contribution is 5.76. The van der Waals surface area contributed by atoms with Crippen LogP contribution in [0.1, 0.15) is 50.5 Å². The smallest absolute Gasteiger partial charge is 0.222 e. The lowest BCUT2D eigenvalue weighted by molar-refractivity contribution is -0.133. The number of amides is 1. The fraction of sp³-hybridized carbons (Fsp3) is 0.591. The van der Waals surface area contributed by atoms with E-state index in [2.05, 4.69) is 46.2 Å². The minimum atomic E-state index is 0.380. The lowest BCUT2D eigenvalue weighted by Gasteiger charge is -2.34. The van der Waals surface area contributed by atoms with Crippen molar-refractivity contribution in [2.75, 3.05) is 32.7 Å². The van der Waals surface area contributed by atoms with E-state index in [4.69, 9.17) is 0 Å². The van der Waals surface area contributed by atoms with Crippen LogP contribution < -0.4 is 0 Å². The molecule has 25 heavy (non-hydrogen) atoms. The molecule has 1 saturated heterocycles. The average Bonchev–Trinajstić information content (AvgIpc) is 2.68. The van der Waals surface area contributed by atoms with Gasteiger partial charge in [0.2, 0.25) is 5.91 Å². The summed E-state index contributed by atoms with van der Waals surface area (Å²) in [5.41, 5.74) is 1.25. The second-order valence-corrected chi connectivity index (χ2v) is 7.54. The van der Waals surface area contributed by atoms with Crippen LogP contribution in [-0.2, 0) is 4.79 Å². The predicted octanol–water partition coefficient (Wildman–Crippen LogP) is 4.20. The lowest BCUT2D eigenvalue weighted by Crippen LogP contribution is -2.48. The standard InChI is InChI=1S/C22H32N2O/c25-22(14-13-21-10-5-2-6-11-21)24-18-16-23(17-19-24)15-7-12-20-8-3-1-4-9-20/h1,3-4,7-9,12,21H,2,5-6,10-11,13-19H2/b12-7+. The van der Waals surface area contributed by atoms with Crippen molar-refractivity contribution >= 4 is 12.0 Å². The molecule has 3 heteroatoms. The van der Waals surface area contributed by atoms with Crippen LogP contribution in [0.5, 0.6) is 0 Å². The van der Waals surface area contributed by atoms with Crippen molar-refractivity contribution in [3.63, 3.8) is 0 Å². The van der Waals surface area contributed by atoms with E-state index in [0.29, 0.717) is 5.91 Å². The van der Waals surface area contributed by atoms with Gasteiger partial charge in [0.1, 0.15) is 0 Å². The number of hydrogen-bond donors (Lipinski definition) is 0. The van der Waals surface area contributed by atoms with Gasteiger partial charge in [0.05, 0.1) is 0 Å². The molecule has 1 amide bonds. The molecule has 0 spiro atoms.